The molecule has 8 bridgehead atoms. The first-order valence-corrected chi connectivity index (χ1v) is 20.3. The second kappa shape index (κ2) is 17.3. The summed E-state index contributed by atoms with van der Waals surface area (Å²) in [6.07, 6.45) is 7.76. The van der Waals surface area contributed by atoms with Gasteiger partial charge in [0.2, 0.25) is 0 Å². The molecule has 0 amide bonds. The van der Waals surface area contributed by atoms with Gasteiger partial charge in [-0.25, -0.2) is 9.97 Å². The number of nitrogens with zero attached hydrogens (tertiary/aromatic N) is 3. The molecule has 0 aliphatic carbocycles. The number of benzene rings is 4. The monoisotopic (exact) mass is 845 g/mol. The van der Waals surface area contributed by atoms with Crippen LogP contribution in [-0.4, -0.2) is 77.6 Å². The van der Waals surface area contributed by atoms with Gasteiger partial charge in [-0.3, -0.25) is 14.4 Å². The largest absolute Gasteiger partial charge is 0.388 e. The van der Waals surface area contributed by atoms with Crippen LogP contribution in [0.5, 0.6) is 0 Å². The van der Waals surface area contributed by atoms with Crippen molar-refractivity contribution in [1.82, 2.24) is 19.9 Å². The van der Waals surface area contributed by atoms with E-state index in [1.807, 2.05) is 109 Å². The molecule has 7 aromatic rings. The number of aromatic amines is 2. The normalized spacial score (nSPS) is 11.7. The zero-order valence-corrected chi connectivity index (χ0v) is 34.1. The van der Waals surface area contributed by atoms with Gasteiger partial charge in [-0.2, -0.15) is 4.99 Å². The predicted molar refractivity (Wildman–Crippen MR) is 250 cm³/mol. The highest BCUT2D eigenvalue weighted by atomic mass is 32.1. The molecule has 5 N–H and O–H groups in total. The molecule has 9 rings (SSSR count). The van der Waals surface area contributed by atoms with Gasteiger partial charge >= 0.3 is 0 Å². The molecular formula is C51H35N5O6S. The third-order valence-corrected chi connectivity index (χ3v) is 11.1. The number of aliphatic imine (C=N–C) groups is 1. The Hall–Kier alpha value is -7.83. The molecule has 306 valence electrons. The van der Waals surface area contributed by atoms with Crippen LogP contribution >= 0.6 is 12.2 Å². The minimum absolute atomic E-state index is 0.368. The van der Waals surface area contributed by atoms with Gasteiger partial charge in [-0.1, -0.05) is 84.9 Å². The highest BCUT2D eigenvalue weighted by Crippen LogP contribution is 2.39. The second-order valence-corrected chi connectivity index (χ2v) is 14.9. The number of ketones is 3. The van der Waals surface area contributed by atoms with Crippen LogP contribution < -0.4 is 0 Å². The van der Waals surface area contributed by atoms with Crippen LogP contribution in [0.15, 0.2) is 126 Å². The Kier molecular flexibility index (Phi) is 11.1. The number of H-pyrrole nitrogens is 2. The quantitative estimate of drug-likeness (QED) is 0.0481. The maximum atomic E-state index is 12.4. The smallest absolute Gasteiger partial charge is 0.188 e. The van der Waals surface area contributed by atoms with E-state index in [1.54, 1.807) is 36.4 Å². The van der Waals surface area contributed by atoms with Gasteiger partial charge in [0.05, 0.1) is 33.6 Å². The van der Waals surface area contributed by atoms with Crippen LogP contribution in [0.25, 0.3) is 90.9 Å². The van der Waals surface area contributed by atoms with E-state index in [2.05, 4.69) is 20.1 Å². The third kappa shape index (κ3) is 7.84. The first-order chi connectivity index (χ1) is 30.8. The number of hydrogen-bond donors (Lipinski definition) is 5. The van der Waals surface area contributed by atoms with Crippen molar-refractivity contribution in [2.45, 2.75) is 0 Å². The summed E-state index contributed by atoms with van der Waals surface area (Å²) in [5, 5.41) is 31.1. The third-order valence-electron chi connectivity index (χ3n) is 11.0. The lowest BCUT2D eigenvalue weighted by Gasteiger charge is -2.08. The maximum absolute atomic E-state index is 12.4. The molecule has 3 aromatic heterocycles. The lowest BCUT2D eigenvalue weighted by molar-refractivity contribution is 0.0898. The van der Waals surface area contributed by atoms with Crippen LogP contribution in [0, 0.1) is 0 Å². The molecule has 0 unspecified atom stereocenters. The first kappa shape index (κ1) is 40.6. The molecule has 2 aliphatic heterocycles. The SMILES string of the molecule is O=C(CO)c1ccc(-c2c3nc(c(-c4ccc(C(=O)CO)cc4)c4ccc([nH]4)c(-c4ccc(C(=O)CO)cc4)c4nc(c(-c5ccc(N=C=S)cc5)c5ccc2[nH]5)C=C4)C=C3)cc1. The van der Waals surface area contributed by atoms with Crippen molar-refractivity contribution in [2.24, 2.45) is 4.99 Å². The Labute approximate surface area is 365 Å². The summed E-state index contributed by atoms with van der Waals surface area (Å²) in [5.41, 5.74) is 13.4. The maximum Gasteiger partial charge on any atom is 0.188 e. The summed E-state index contributed by atoms with van der Waals surface area (Å²) in [6, 6.07) is 36.5. The molecule has 11 nitrogen and oxygen atoms in total. The van der Waals surface area contributed by atoms with Gasteiger partial charge < -0.3 is 25.3 Å². The van der Waals surface area contributed by atoms with Gasteiger partial charge in [0.1, 0.15) is 19.8 Å². The number of hydrogen-bond acceptors (Lipinski definition) is 10. The number of isothiocyanates is 1. The standard InChI is InChI=1S/C51H35N5O6S/c57-25-45(60)29-1-7-32(8-2-29)48-37-17-19-39(53-37)49(33-9-3-30(4-10-33)46(61)26-58)41-21-23-43(55-41)51(35-13-15-36(16-14-35)52-28-63)44-24-22-42(56-44)50(40-20-18-38(48)54-40)34-11-5-31(6-12-34)47(62)27-59/h1-24,53,56-59H,25-27H2. The summed E-state index contributed by atoms with van der Waals surface area (Å²) >= 11 is 4.86. The Morgan fingerprint density at radius 1 is 0.444 bits per heavy atom. The van der Waals surface area contributed by atoms with Crippen molar-refractivity contribution in [3.05, 3.63) is 161 Å². The number of aliphatic hydroxyl groups excluding tert-OH is 3. The van der Waals surface area contributed by atoms with Crippen molar-refractivity contribution in [3.63, 3.8) is 0 Å². The highest BCUT2D eigenvalue weighted by Gasteiger charge is 2.20. The minimum atomic E-state index is -0.613. The fourth-order valence-electron chi connectivity index (χ4n) is 7.92. The fraction of sp³-hybridized carbons (Fsp3) is 0.0588. The molecule has 12 heteroatoms. The molecule has 0 radical (unpaired) electrons. The van der Waals surface area contributed by atoms with E-state index in [-0.39, 0.29) is 0 Å². The number of thiocarbonyl (C=S) groups is 1. The Morgan fingerprint density at radius 3 is 0.968 bits per heavy atom. The van der Waals surface area contributed by atoms with Crippen molar-refractivity contribution >= 4 is 86.8 Å². The van der Waals surface area contributed by atoms with Crippen molar-refractivity contribution in [2.75, 3.05) is 19.8 Å². The van der Waals surface area contributed by atoms with Gasteiger partial charge in [0, 0.05) is 61.0 Å². The number of rotatable bonds is 11. The molecule has 0 fully saturated rings. The molecule has 0 atom stereocenters. The number of aliphatic hydroxyl groups is 3. The summed E-state index contributed by atoms with van der Waals surface area (Å²) in [6.45, 7) is -1.83. The van der Waals surface area contributed by atoms with Crippen molar-refractivity contribution in [3.8, 4) is 44.5 Å². The Balaban J connectivity index is 1.41. The summed E-state index contributed by atoms with van der Waals surface area (Å²) in [7, 11) is 0. The lowest BCUT2D eigenvalue weighted by atomic mass is 10.0. The van der Waals surface area contributed by atoms with Gasteiger partial charge in [-0.15, -0.1) is 0 Å². The fourth-order valence-corrected chi connectivity index (χ4v) is 8.02. The molecule has 2 aliphatic rings. The molecule has 63 heavy (non-hydrogen) atoms. The molecular weight excluding hydrogens is 811 g/mol. The zero-order chi connectivity index (χ0) is 43.6. The topological polar surface area (TPSA) is 182 Å². The van der Waals surface area contributed by atoms with Crippen LogP contribution in [0.2, 0.25) is 0 Å². The van der Waals surface area contributed by atoms with E-state index in [1.165, 1.54) is 0 Å². The van der Waals surface area contributed by atoms with E-state index in [9.17, 15) is 29.7 Å². The number of fused-ring (bicyclic) bond motifs is 8. The first-order valence-electron chi connectivity index (χ1n) is 19.8. The van der Waals surface area contributed by atoms with E-state index >= 15 is 0 Å². The predicted octanol–water partition coefficient (Wildman–Crippen LogP) is 9.58. The van der Waals surface area contributed by atoms with Crippen molar-refractivity contribution in [1.29, 1.82) is 0 Å². The van der Waals surface area contributed by atoms with E-state index in [0.29, 0.717) is 50.7 Å². The van der Waals surface area contributed by atoms with E-state index in [0.717, 1.165) is 61.1 Å². The minimum Gasteiger partial charge on any atom is -0.388 e. The average Bonchev–Trinajstić information content (AvgIpc) is 4.18. The summed E-state index contributed by atoms with van der Waals surface area (Å²) in [4.78, 5) is 59.3. The Bertz CT molecular complexity index is 3210. The molecule has 0 saturated heterocycles. The van der Waals surface area contributed by atoms with Crippen LogP contribution in [0.1, 0.15) is 53.8 Å². The highest BCUT2D eigenvalue weighted by molar-refractivity contribution is 7.78. The molecule has 0 saturated carbocycles. The van der Waals surface area contributed by atoms with E-state index < -0.39 is 37.2 Å². The van der Waals surface area contributed by atoms with Crippen molar-refractivity contribution < 1.29 is 29.7 Å². The zero-order valence-electron chi connectivity index (χ0n) is 33.3. The number of Topliss-reactive ketones (excluding diaryl/α,β-unsaturated/α-hetero) is 3. The Morgan fingerprint density at radius 2 is 0.714 bits per heavy atom. The number of carbonyl (C=O) groups excluding carboxylic acids is 3. The average molecular weight is 846 g/mol. The number of aromatic nitrogens is 4. The summed E-state index contributed by atoms with van der Waals surface area (Å²) in [5.74, 6) is -1.19. The van der Waals surface area contributed by atoms with Gasteiger partial charge in [0.25, 0.3) is 0 Å². The van der Waals surface area contributed by atoms with Gasteiger partial charge in [0.15, 0.2) is 17.3 Å². The van der Waals surface area contributed by atoms with Crippen LogP contribution in [0.4, 0.5) is 5.69 Å². The van der Waals surface area contributed by atoms with Crippen LogP contribution in [-0.2, 0) is 0 Å². The van der Waals surface area contributed by atoms with Gasteiger partial charge in [-0.05, 0) is 95.2 Å². The molecule has 5 heterocycles. The van der Waals surface area contributed by atoms with Crippen LogP contribution in [0.3, 0.4) is 0 Å². The number of carbonyl (C=O) groups is 3. The number of nitrogens with one attached hydrogen (secondary N) is 2. The molecule has 4 aromatic carbocycles. The molecule has 0 spiro atoms. The summed E-state index contributed by atoms with van der Waals surface area (Å²) < 4.78 is 0. The second-order valence-electron chi connectivity index (χ2n) is 14.7. The lowest BCUT2D eigenvalue weighted by Crippen LogP contribution is -2.03. The van der Waals surface area contributed by atoms with E-state index in [4.69, 9.17) is 22.2 Å².